The molecule has 4 nitrogen and oxygen atoms in total. The highest BCUT2D eigenvalue weighted by molar-refractivity contribution is 5.36. The fraction of sp³-hybridized carbons (Fsp3) is 0.435. The van der Waals surface area contributed by atoms with Crippen molar-refractivity contribution >= 4 is 0 Å². The van der Waals surface area contributed by atoms with Crippen LogP contribution < -0.4 is 0 Å². The van der Waals surface area contributed by atoms with E-state index in [1.165, 1.54) is 11.1 Å². The van der Waals surface area contributed by atoms with E-state index in [0.717, 1.165) is 56.6 Å². The van der Waals surface area contributed by atoms with Gasteiger partial charge in [-0.15, -0.1) is 0 Å². The molecular weight excluding hydrogens is 334 g/mol. The van der Waals surface area contributed by atoms with Gasteiger partial charge in [0.15, 0.2) is 0 Å². The first-order valence-corrected chi connectivity index (χ1v) is 9.73. The lowest BCUT2D eigenvalue weighted by molar-refractivity contribution is 0.214. The number of aromatic hydroxyl groups is 1. The van der Waals surface area contributed by atoms with Crippen LogP contribution in [0.15, 0.2) is 42.5 Å². The summed E-state index contributed by atoms with van der Waals surface area (Å²) in [6.45, 7) is 4.01. The van der Waals surface area contributed by atoms with Gasteiger partial charge in [-0.2, -0.15) is 5.26 Å². The lowest BCUT2D eigenvalue weighted by atomic mass is 9.88. The fourth-order valence-corrected chi connectivity index (χ4v) is 3.90. The molecule has 2 aromatic rings. The summed E-state index contributed by atoms with van der Waals surface area (Å²) in [4.78, 5) is 4.61. The molecule has 1 fully saturated rings. The van der Waals surface area contributed by atoms with Crippen molar-refractivity contribution in [3.63, 3.8) is 0 Å². The highest BCUT2D eigenvalue weighted by Crippen LogP contribution is 2.28. The van der Waals surface area contributed by atoms with Crippen molar-refractivity contribution in [2.75, 3.05) is 33.7 Å². The summed E-state index contributed by atoms with van der Waals surface area (Å²) >= 11 is 0. The molecule has 0 saturated carbocycles. The zero-order chi connectivity index (χ0) is 19.2. The fourth-order valence-electron chi connectivity index (χ4n) is 3.90. The van der Waals surface area contributed by atoms with Crippen molar-refractivity contribution < 1.29 is 5.11 Å². The monoisotopic (exact) mass is 363 g/mol. The molecule has 0 unspecified atom stereocenters. The second kappa shape index (κ2) is 9.03. The van der Waals surface area contributed by atoms with E-state index in [2.05, 4.69) is 28.0 Å². The number of hydrogen-bond donors (Lipinski definition) is 1. The Hall–Kier alpha value is -2.35. The van der Waals surface area contributed by atoms with E-state index in [-0.39, 0.29) is 0 Å². The Balaban J connectivity index is 1.52. The van der Waals surface area contributed by atoms with Gasteiger partial charge in [-0.1, -0.05) is 24.3 Å². The lowest BCUT2D eigenvalue weighted by Crippen LogP contribution is -2.34. The van der Waals surface area contributed by atoms with E-state index < -0.39 is 0 Å². The molecule has 2 aromatic carbocycles. The smallest absolute Gasteiger partial charge is 0.120 e. The maximum Gasteiger partial charge on any atom is 0.120 e. The molecule has 0 aliphatic carbocycles. The van der Waals surface area contributed by atoms with Gasteiger partial charge in [0.2, 0.25) is 0 Å². The highest BCUT2D eigenvalue weighted by Gasteiger charge is 2.20. The summed E-state index contributed by atoms with van der Waals surface area (Å²) in [6, 6.07) is 16.3. The topological polar surface area (TPSA) is 50.5 Å². The van der Waals surface area contributed by atoms with Gasteiger partial charge in [0, 0.05) is 18.7 Å². The predicted octanol–water partition coefficient (Wildman–Crippen LogP) is 3.75. The van der Waals surface area contributed by atoms with Gasteiger partial charge in [0.05, 0.1) is 11.6 Å². The van der Waals surface area contributed by atoms with Crippen molar-refractivity contribution in [1.82, 2.24) is 9.80 Å². The van der Waals surface area contributed by atoms with Crippen LogP contribution in [0.5, 0.6) is 5.75 Å². The number of rotatable bonds is 6. The quantitative estimate of drug-likeness (QED) is 0.849. The number of phenolic OH excluding ortho intramolecular Hbond substituents is 1. The van der Waals surface area contributed by atoms with E-state index >= 15 is 0 Å². The van der Waals surface area contributed by atoms with Gasteiger partial charge in [-0.3, -0.25) is 0 Å². The summed E-state index contributed by atoms with van der Waals surface area (Å²) in [5.74, 6) is 0.947. The van der Waals surface area contributed by atoms with Crippen LogP contribution in [0, 0.1) is 11.3 Å². The third kappa shape index (κ3) is 5.32. The first-order valence-electron chi connectivity index (χ1n) is 9.73. The molecule has 142 valence electrons. The number of benzene rings is 2. The van der Waals surface area contributed by atoms with E-state index in [4.69, 9.17) is 5.26 Å². The first kappa shape index (κ1) is 19.4. The Morgan fingerprint density at radius 3 is 2.63 bits per heavy atom. The van der Waals surface area contributed by atoms with Crippen molar-refractivity contribution in [2.45, 2.75) is 31.7 Å². The van der Waals surface area contributed by atoms with E-state index in [1.807, 2.05) is 44.4 Å². The molecule has 1 saturated heterocycles. The van der Waals surface area contributed by atoms with E-state index in [9.17, 15) is 5.11 Å². The number of piperidine rings is 1. The summed E-state index contributed by atoms with van der Waals surface area (Å²) in [7, 11) is 4.03. The Labute approximate surface area is 162 Å². The maximum atomic E-state index is 10.0. The Morgan fingerprint density at radius 1 is 1.15 bits per heavy atom. The van der Waals surface area contributed by atoms with Crippen molar-refractivity contribution in [3.05, 3.63) is 64.7 Å². The molecule has 0 aromatic heterocycles. The second-order valence-electron chi connectivity index (χ2n) is 7.80. The van der Waals surface area contributed by atoms with Crippen molar-refractivity contribution in [1.29, 1.82) is 5.26 Å². The predicted molar refractivity (Wildman–Crippen MR) is 109 cm³/mol. The molecule has 1 aliphatic heterocycles. The van der Waals surface area contributed by atoms with Crippen LogP contribution in [0.3, 0.4) is 0 Å². The number of likely N-dealkylation sites (tertiary alicyclic amines) is 1. The average molecular weight is 364 g/mol. The molecule has 1 N–H and O–H groups in total. The molecule has 27 heavy (non-hydrogen) atoms. The van der Waals surface area contributed by atoms with Crippen LogP contribution in [0.4, 0.5) is 0 Å². The van der Waals surface area contributed by atoms with Crippen LogP contribution in [-0.2, 0) is 13.0 Å². The molecule has 1 aliphatic rings. The zero-order valence-electron chi connectivity index (χ0n) is 16.4. The standard InChI is InChI=1S/C23H29N3O/c1-25(2)17-22-14-18(6-7-23(22)27)8-11-26-12-9-20(10-13-26)21-5-3-4-19(15-21)16-24/h3-7,14-15,20,27H,8-13,17H2,1-2H3. The van der Waals surface area contributed by atoms with Gasteiger partial charge in [0.1, 0.15) is 5.75 Å². The number of nitriles is 1. The first-order chi connectivity index (χ1) is 13.0. The van der Waals surface area contributed by atoms with Gasteiger partial charge in [-0.05, 0) is 81.7 Å². The van der Waals surface area contributed by atoms with E-state index in [0.29, 0.717) is 11.7 Å². The largest absolute Gasteiger partial charge is 0.508 e. The normalized spacial score (nSPS) is 15.8. The number of nitrogens with zero attached hydrogens (tertiary/aromatic N) is 3. The molecule has 0 bridgehead atoms. The minimum absolute atomic E-state index is 0.382. The van der Waals surface area contributed by atoms with Crippen LogP contribution in [-0.4, -0.2) is 48.6 Å². The van der Waals surface area contributed by atoms with Crippen LogP contribution in [0.2, 0.25) is 0 Å². The van der Waals surface area contributed by atoms with Crippen LogP contribution in [0.25, 0.3) is 0 Å². The van der Waals surface area contributed by atoms with Gasteiger partial charge >= 0.3 is 0 Å². The lowest BCUT2D eigenvalue weighted by Gasteiger charge is -2.32. The Bertz CT molecular complexity index is 802. The average Bonchev–Trinajstić information content (AvgIpc) is 2.68. The number of phenols is 1. The third-order valence-electron chi connectivity index (χ3n) is 5.42. The molecule has 0 radical (unpaired) electrons. The SMILES string of the molecule is CN(C)Cc1cc(CCN2CCC(c3cccc(C#N)c3)CC2)ccc1O. The summed E-state index contributed by atoms with van der Waals surface area (Å²) in [6.07, 6.45) is 3.31. The molecule has 0 atom stereocenters. The molecule has 4 heteroatoms. The molecule has 1 heterocycles. The Kier molecular flexibility index (Phi) is 6.49. The molecular formula is C23H29N3O. The van der Waals surface area contributed by atoms with Gasteiger partial charge < -0.3 is 14.9 Å². The maximum absolute atomic E-state index is 10.0. The zero-order valence-corrected chi connectivity index (χ0v) is 16.4. The second-order valence-corrected chi connectivity index (χ2v) is 7.80. The van der Waals surface area contributed by atoms with Crippen molar-refractivity contribution in [2.24, 2.45) is 0 Å². The van der Waals surface area contributed by atoms with Crippen LogP contribution in [0.1, 0.15) is 41.0 Å². The highest BCUT2D eigenvalue weighted by atomic mass is 16.3. The van der Waals surface area contributed by atoms with Crippen LogP contribution >= 0.6 is 0 Å². The third-order valence-corrected chi connectivity index (χ3v) is 5.42. The molecule has 0 amide bonds. The minimum atomic E-state index is 0.382. The minimum Gasteiger partial charge on any atom is -0.508 e. The summed E-state index contributed by atoms with van der Waals surface area (Å²) < 4.78 is 0. The Morgan fingerprint density at radius 2 is 1.93 bits per heavy atom. The summed E-state index contributed by atoms with van der Waals surface area (Å²) in [5.41, 5.74) is 4.35. The van der Waals surface area contributed by atoms with Crippen molar-refractivity contribution in [3.8, 4) is 11.8 Å². The van der Waals surface area contributed by atoms with Gasteiger partial charge in [-0.25, -0.2) is 0 Å². The molecule has 3 rings (SSSR count). The van der Waals surface area contributed by atoms with E-state index in [1.54, 1.807) is 0 Å². The summed E-state index contributed by atoms with van der Waals surface area (Å²) in [5, 5.41) is 19.1. The number of hydrogen-bond acceptors (Lipinski definition) is 4. The molecule has 0 spiro atoms. The van der Waals surface area contributed by atoms with Gasteiger partial charge in [0.25, 0.3) is 0 Å².